The highest BCUT2D eigenvalue weighted by molar-refractivity contribution is 5.96. The van der Waals surface area contributed by atoms with Crippen LogP contribution >= 0.6 is 0 Å². The van der Waals surface area contributed by atoms with Gasteiger partial charge < -0.3 is 24.3 Å². The maximum atomic E-state index is 12.9. The summed E-state index contributed by atoms with van der Waals surface area (Å²) in [5, 5.41) is 3.23. The van der Waals surface area contributed by atoms with E-state index in [2.05, 4.69) is 5.32 Å². The molecule has 0 spiro atoms. The Hall–Kier alpha value is -2.96. The summed E-state index contributed by atoms with van der Waals surface area (Å²) in [5.41, 5.74) is 2.64. The SMILES string of the molecule is COC(=O)C1=C(C)NC2=CCCC(=O)C2C1c1cc(OC)c(OC)c(OC)c1. The first kappa shape index (κ1) is 19.8. The molecular formula is C21H25NO6. The van der Waals surface area contributed by atoms with Crippen LogP contribution in [0.3, 0.4) is 0 Å². The van der Waals surface area contributed by atoms with E-state index in [-0.39, 0.29) is 5.78 Å². The highest BCUT2D eigenvalue weighted by atomic mass is 16.5. The third-order valence-electron chi connectivity index (χ3n) is 5.27. The molecule has 3 rings (SSSR count). The third kappa shape index (κ3) is 3.21. The molecule has 7 nitrogen and oxygen atoms in total. The van der Waals surface area contributed by atoms with E-state index in [1.807, 2.05) is 13.0 Å². The molecule has 0 amide bonds. The molecule has 0 radical (unpaired) electrons. The van der Waals surface area contributed by atoms with Crippen molar-refractivity contribution >= 4 is 11.8 Å². The predicted molar refractivity (Wildman–Crippen MR) is 103 cm³/mol. The monoisotopic (exact) mass is 387 g/mol. The zero-order chi connectivity index (χ0) is 20.4. The van der Waals surface area contributed by atoms with E-state index < -0.39 is 17.8 Å². The van der Waals surface area contributed by atoms with Gasteiger partial charge >= 0.3 is 5.97 Å². The van der Waals surface area contributed by atoms with Gasteiger partial charge in [-0.05, 0) is 31.0 Å². The van der Waals surface area contributed by atoms with Gasteiger partial charge in [0.1, 0.15) is 5.78 Å². The minimum absolute atomic E-state index is 0.0812. The van der Waals surface area contributed by atoms with Gasteiger partial charge in [0.2, 0.25) is 5.75 Å². The number of esters is 1. The molecule has 150 valence electrons. The number of Topliss-reactive ketones (excluding diaryl/α,β-unsaturated/α-hetero) is 1. The molecule has 2 aliphatic rings. The highest BCUT2D eigenvalue weighted by Gasteiger charge is 2.43. The van der Waals surface area contributed by atoms with Gasteiger partial charge in [0.05, 0.1) is 39.9 Å². The molecule has 0 aromatic heterocycles. The number of benzene rings is 1. The van der Waals surface area contributed by atoms with Crippen molar-refractivity contribution in [3.63, 3.8) is 0 Å². The summed E-state index contributed by atoms with van der Waals surface area (Å²) >= 11 is 0. The summed E-state index contributed by atoms with van der Waals surface area (Å²) in [6.07, 6.45) is 3.14. The fourth-order valence-electron chi connectivity index (χ4n) is 4.03. The molecule has 0 fully saturated rings. The van der Waals surface area contributed by atoms with E-state index in [4.69, 9.17) is 18.9 Å². The number of hydrogen-bond donors (Lipinski definition) is 1. The van der Waals surface area contributed by atoms with Crippen molar-refractivity contribution in [3.8, 4) is 17.2 Å². The van der Waals surface area contributed by atoms with Crippen molar-refractivity contribution in [2.24, 2.45) is 5.92 Å². The highest BCUT2D eigenvalue weighted by Crippen LogP contribution is 2.48. The van der Waals surface area contributed by atoms with Crippen molar-refractivity contribution in [3.05, 3.63) is 40.7 Å². The van der Waals surface area contributed by atoms with Crippen molar-refractivity contribution < 1.29 is 28.5 Å². The Morgan fingerprint density at radius 1 is 1.04 bits per heavy atom. The van der Waals surface area contributed by atoms with Crippen molar-refractivity contribution in [2.45, 2.75) is 25.7 Å². The van der Waals surface area contributed by atoms with Gasteiger partial charge in [0.15, 0.2) is 11.5 Å². The molecule has 1 aromatic rings. The number of carbonyl (C=O) groups is 2. The summed E-state index contributed by atoms with van der Waals surface area (Å²) in [5.74, 6) is -0.0135. The van der Waals surface area contributed by atoms with E-state index in [0.29, 0.717) is 41.4 Å². The lowest BCUT2D eigenvalue weighted by atomic mass is 9.71. The Kier molecular flexibility index (Phi) is 5.63. The zero-order valence-electron chi connectivity index (χ0n) is 16.8. The second-order valence-electron chi connectivity index (χ2n) is 6.73. The average Bonchev–Trinajstić information content (AvgIpc) is 2.71. The van der Waals surface area contributed by atoms with Crippen LogP contribution in [0.1, 0.15) is 31.2 Å². The van der Waals surface area contributed by atoms with Gasteiger partial charge in [0, 0.05) is 23.7 Å². The lowest BCUT2D eigenvalue weighted by Gasteiger charge is -2.38. The molecule has 1 N–H and O–H groups in total. The van der Waals surface area contributed by atoms with E-state index in [9.17, 15) is 9.59 Å². The van der Waals surface area contributed by atoms with E-state index >= 15 is 0 Å². The quantitative estimate of drug-likeness (QED) is 0.778. The van der Waals surface area contributed by atoms with Gasteiger partial charge in [-0.2, -0.15) is 0 Å². The summed E-state index contributed by atoms with van der Waals surface area (Å²) in [6, 6.07) is 3.57. The van der Waals surface area contributed by atoms with Crippen LogP contribution in [0.4, 0.5) is 0 Å². The number of fused-ring (bicyclic) bond motifs is 1. The number of allylic oxidation sites excluding steroid dienone is 3. The molecule has 1 aliphatic heterocycles. The standard InChI is InChI=1S/C21H25NO6/c1-11-17(21(24)28-5)18(19-13(22-11)7-6-8-14(19)23)12-9-15(25-2)20(27-4)16(10-12)26-3/h7,9-10,18-19,22H,6,8H2,1-5H3. The lowest BCUT2D eigenvalue weighted by molar-refractivity contribution is -0.136. The number of ether oxygens (including phenoxy) is 4. The molecule has 1 aliphatic carbocycles. The van der Waals surface area contributed by atoms with Crippen LogP contribution in [0.15, 0.2) is 35.2 Å². The normalized spacial score (nSPS) is 21.3. The fourth-order valence-corrected chi connectivity index (χ4v) is 4.03. The fraction of sp³-hybridized carbons (Fsp3) is 0.429. The first-order chi connectivity index (χ1) is 13.5. The van der Waals surface area contributed by atoms with Gasteiger partial charge in [-0.3, -0.25) is 4.79 Å². The second kappa shape index (κ2) is 7.96. The number of rotatable bonds is 5. The Morgan fingerprint density at radius 3 is 2.21 bits per heavy atom. The smallest absolute Gasteiger partial charge is 0.336 e. The minimum Gasteiger partial charge on any atom is -0.493 e. The largest absolute Gasteiger partial charge is 0.493 e. The number of ketones is 1. The van der Waals surface area contributed by atoms with Crippen LogP contribution in [0, 0.1) is 5.92 Å². The number of carbonyl (C=O) groups excluding carboxylic acids is 2. The molecule has 28 heavy (non-hydrogen) atoms. The van der Waals surface area contributed by atoms with E-state index in [1.165, 1.54) is 28.4 Å². The predicted octanol–water partition coefficient (Wildman–Crippen LogP) is 2.71. The van der Waals surface area contributed by atoms with Gasteiger partial charge in [-0.15, -0.1) is 0 Å². The Labute approximate surface area is 164 Å². The maximum Gasteiger partial charge on any atom is 0.336 e. The summed E-state index contributed by atoms with van der Waals surface area (Å²) in [7, 11) is 5.93. The topological polar surface area (TPSA) is 83.1 Å². The number of methoxy groups -OCH3 is 4. The van der Waals surface area contributed by atoms with Crippen LogP contribution in [0.25, 0.3) is 0 Å². The van der Waals surface area contributed by atoms with Crippen molar-refractivity contribution in [2.75, 3.05) is 28.4 Å². The summed E-state index contributed by atoms with van der Waals surface area (Å²) in [4.78, 5) is 25.5. The maximum absolute atomic E-state index is 12.9. The zero-order valence-corrected chi connectivity index (χ0v) is 16.8. The molecular weight excluding hydrogens is 362 g/mol. The van der Waals surface area contributed by atoms with Gasteiger partial charge in [-0.25, -0.2) is 4.79 Å². The number of hydrogen-bond acceptors (Lipinski definition) is 7. The number of nitrogens with one attached hydrogen (secondary N) is 1. The van der Waals surface area contributed by atoms with Gasteiger partial charge in [-0.1, -0.05) is 6.08 Å². The third-order valence-corrected chi connectivity index (χ3v) is 5.27. The molecule has 0 saturated carbocycles. The van der Waals surface area contributed by atoms with Crippen LogP contribution in [0.2, 0.25) is 0 Å². The first-order valence-corrected chi connectivity index (χ1v) is 9.05. The molecule has 0 bridgehead atoms. The van der Waals surface area contributed by atoms with Crippen LogP contribution in [-0.4, -0.2) is 40.2 Å². The van der Waals surface area contributed by atoms with Crippen molar-refractivity contribution in [1.29, 1.82) is 0 Å². The Bertz CT molecular complexity index is 845. The lowest BCUT2D eigenvalue weighted by Crippen LogP contribution is -2.40. The molecule has 7 heteroatoms. The molecule has 0 saturated heterocycles. The summed E-state index contributed by atoms with van der Waals surface area (Å²) < 4.78 is 21.4. The van der Waals surface area contributed by atoms with Crippen molar-refractivity contribution in [1.82, 2.24) is 5.32 Å². The molecule has 1 aromatic carbocycles. The second-order valence-corrected chi connectivity index (χ2v) is 6.73. The van der Waals surface area contributed by atoms with E-state index in [1.54, 1.807) is 12.1 Å². The van der Waals surface area contributed by atoms with E-state index in [0.717, 1.165) is 11.3 Å². The molecule has 1 heterocycles. The van der Waals surface area contributed by atoms with Crippen LogP contribution in [0.5, 0.6) is 17.2 Å². The molecule has 2 unspecified atom stereocenters. The molecule has 2 atom stereocenters. The average molecular weight is 387 g/mol. The van der Waals surface area contributed by atoms with Gasteiger partial charge in [0.25, 0.3) is 0 Å². The van der Waals surface area contributed by atoms with Crippen LogP contribution in [-0.2, 0) is 14.3 Å². The Morgan fingerprint density at radius 2 is 1.68 bits per heavy atom. The minimum atomic E-state index is -0.513. The van der Waals surface area contributed by atoms with Crippen LogP contribution < -0.4 is 19.5 Å². The summed E-state index contributed by atoms with van der Waals surface area (Å²) in [6.45, 7) is 1.81. The Balaban J connectivity index is 2.26. The first-order valence-electron chi connectivity index (χ1n) is 9.05.